The Labute approximate surface area is 119 Å². The van der Waals surface area contributed by atoms with Crippen LogP contribution in [0.2, 0.25) is 0 Å². The minimum atomic E-state index is -0.329. The average Bonchev–Trinajstić information content (AvgIpc) is 2.36. The minimum absolute atomic E-state index is 0.0199. The van der Waals surface area contributed by atoms with Crippen molar-refractivity contribution in [3.05, 3.63) is 52.4 Å². The van der Waals surface area contributed by atoms with Gasteiger partial charge in [-0.25, -0.2) is 9.37 Å². The maximum atomic E-state index is 13.2. The molecule has 1 aromatic carbocycles. The molecule has 0 aliphatic heterocycles. The van der Waals surface area contributed by atoms with Gasteiger partial charge in [-0.15, -0.1) is 0 Å². The summed E-state index contributed by atoms with van der Waals surface area (Å²) in [4.78, 5) is 4.19. The Balaban J connectivity index is 2.25. The fraction of sp³-hybridized carbons (Fsp3) is 0.214. The molecule has 0 saturated carbocycles. The number of rotatable bonds is 4. The van der Waals surface area contributed by atoms with Crippen molar-refractivity contribution < 1.29 is 9.13 Å². The van der Waals surface area contributed by atoms with Gasteiger partial charge in [0.1, 0.15) is 11.6 Å². The fourth-order valence-electron chi connectivity index (χ4n) is 1.67. The van der Waals surface area contributed by atoms with Crippen LogP contribution in [0.25, 0.3) is 0 Å². The number of ether oxygens (including phenoxy) is 1. The van der Waals surface area contributed by atoms with Crippen molar-refractivity contribution in [1.82, 2.24) is 4.98 Å². The van der Waals surface area contributed by atoms with Crippen LogP contribution in [-0.4, -0.2) is 11.0 Å². The third-order valence-corrected chi connectivity index (χ3v) is 3.11. The number of hydrogen-bond acceptors (Lipinski definition) is 3. The van der Waals surface area contributed by atoms with E-state index < -0.39 is 0 Å². The van der Waals surface area contributed by atoms with Crippen LogP contribution < -0.4 is 10.5 Å². The van der Waals surface area contributed by atoms with E-state index in [1.54, 1.807) is 18.3 Å². The predicted molar refractivity (Wildman–Crippen MR) is 75.8 cm³/mol. The molecule has 3 nitrogen and oxygen atoms in total. The molecule has 1 unspecified atom stereocenters. The highest BCUT2D eigenvalue weighted by atomic mass is 79.9. The van der Waals surface area contributed by atoms with Gasteiger partial charge in [-0.2, -0.15) is 0 Å². The Kier molecular flexibility index (Phi) is 4.50. The predicted octanol–water partition coefficient (Wildman–Crippen LogP) is 3.67. The Bertz CT molecular complexity index is 575. The van der Waals surface area contributed by atoms with E-state index in [-0.39, 0.29) is 11.9 Å². The van der Waals surface area contributed by atoms with E-state index in [4.69, 9.17) is 10.5 Å². The molecule has 0 fully saturated rings. The fourth-order valence-corrected chi connectivity index (χ4v) is 2.03. The molecule has 5 heteroatoms. The normalized spacial score (nSPS) is 12.2. The second kappa shape index (κ2) is 6.12. The molecule has 1 aromatic heterocycles. The first-order chi connectivity index (χ1) is 9.06. The van der Waals surface area contributed by atoms with E-state index in [0.29, 0.717) is 22.5 Å². The zero-order valence-corrected chi connectivity index (χ0v) is 12.0. The van der Waals surface area contributed by atoms with Gasteiger partial charge >= 0.3 is 0 Å². The van der Waals surface area contributed by atoms with Gasteiger partial charge in [0.15, 0.2) is 0 Å². The van der Waals surface area contributed by atoms with Crippen LogP contribution in [0.1, 0.15) is 12.5 Å². The van der Waals surface area contributed by atoms with Gasteiger partial charge in [-0.3, -0.25) is 0 Å². The van der Waals surface area contributed by atoms with Crippen LogP contribution in [0.15, 0.2) is 41.0 Å². The highest BCUT2D eigenvalue weighted by molar-refractivity contribution is 9.10. The lowest BCUT2D eigenvalue weighted by Gasteiger charge is -2.11. The molecule has 2 rings (SSSR count). The summed E-state index contributed by atoms with van der Waals surface area (Å²) in [6.07, 6.45) is 2.32. The average molecular weight is 325 g/mol. The van der Waals surface area contributed by atoms with Crippen molar-refractivity contribution in [3.8, 4) is 11.6 Å². The number of hydrogen-bond donors (Lipinski definition) is 1. The summed E-state index contributed by atoms with van der Waals surface area (Å²) in [5, 5.41) is 0. The molecular formula is C14H14BrFN2O. The summed E-state index contributed by atoms with van der Waals surface area (Å²) in [7, 11) is 0. The van der Waals surface area contributed by atoms with Crippen molar-refractivity contribution >= 4 is 15.9 Å². The number of halogens is 2. The summed E-state index contributed by atoms with van der Waals surface area (Å²) in [5.74, 6) is 0.695. The molecular weight excluding hydrogens is 311 g/mol. The SMILES string of the molecule is CC(N)Cc1cccnc1Oc1ccc(F)c(Br)c1. The first kappa shape index (κ1) is 14.0. The van der Waals surface area contributed by atoms with Crippen LogP contribution >= 0.6 is 15.9 Å². The number of nitrogens with zero attached hydrogens (tertiary/aromatic N) is 1. The van der Waals surface area contributed by atoms with Crippen LogP contribution in [0, 0.1) is 5.82 Å². The van der Waals surface area contributed by atoms with Gasteiger partial charge in [0.05, 0.1) is 4.47 Å². The zero-order chi connectivity index (χ0) is 13.8. The van der Waals surface area contributed by atoms with E-state index in [1.807, 2.05) is 19.1 Å². The van der Waals surface area contributed by atoms with Crippen molar-refractivity contribution in [2.45, 2.75) is 19.4 Å². The van der Waals surface area contributed by atoms with E-state index in [1.165, 1.54) is 6.07 Å². The molecule has 2 aromatic rings. The lowest BCUT2D eigenvalue weighted by atomic mass is 10.1. The largest absolute Gasteiger partial charge is 0.439 e. The molecule has 0 bridgehead atoms. The zero-order valence-electron chi connectivity index (χ0n) is 10.4. The number of nitrogens with two attached hydrogens (primary N) is 1. The lowest BCUT2D eigenvalue weighted by molar-refractivity contribution is 0.452. The molecule has 0 radical (unpaired) electrons. The third kappa shape index (κ3) is 3.75. The molecule has 100 valence electrons. The Morgan fingerprint density at radius 3 is 2.89 bits per heavy atom. The van der Waals surface area contributed by atoms with Crippen LogP contribution in [0.5, 0.6) is 11.6 Å². The molecule has 1 atom stereocenters. The molecule has 19 heavy (non-hydrogen) atoms. The summed E-state index contributed by atoms with van der Waals surface area (Å²) < 4.78 is 19.2. The molecule has 0 aliphatic carbocycles. The van der Waals surface area contributed by atoms with Gasteiger partial charge in [0, 0.05) is 17.8 Å². The number of pyridine rings is 1. The van der Waals surface area contributed by atoms with Crippen molar-refractivity contribution in [1.29, 1.82) is 0 Å². The topological polar surface area (TPSA) is 48.1 Å². The second-order valence-electron chi connectivity index (χ2n) is 4.33. The Morgan fingerprint density at radius 2 is 2.21 bits per heavy atom. The summed E-state index contributed by atoms with van der Waals surface area (Å²) >= 11 is 3.12. The number of aromatic nitrogens is 1. The summed E-state index contributed by atoms with van der Waals surface area (Å²) in [6, 6.07) is 8.25. The Morgan fingerprint density at radius 1 is 1.42 bits per heavy atom. The molecule has 0 aliphatic rings. The van der Waals surface area contributed by atoms with Crippen molar-refractivity contribution in [3.63, 3.8) is 0 Å². The van der Waals surface area contributed by atoms with Crippen LogP contribution in [-0.2, 0) is 6.42 Å². The molecule has 2 N–H and O–H groups in total. The van der Waals surface area contributed by atoms with Crippen molar-refractivity contribution in [2.24, 2.45) is 5.73 Å². The first-order valence-corrected chi connectivity index (χ1v) is 6.68. The third-order valence-electron chi connectivity index (χ3n) is 2.50. The minimum Gasteiger partial charge on any atom is -0.439 e. The highest BCUT2D eigenvalue weighted by Gasteiger charge is 2.09. The molecule has 1 heterocycles. The smallest absolute Gasteiger partial charge is 0.222 e. The summed E-state index contributed by atoms with van der Waals surface area (Å²) in [5.41, 5.74) is 6.72. The maximum absolute atomic E-state index is 13.2. The van der Waals surface area contributed by atoms with Crippen LogP contribution in [0.4, 0.5) is 4.39 Å². The monoisotopic (exact) mass is 324 g/mol. The van der Waals surface area contributed by atoms with Gasteiger partial charge in [0.25, 0.3) is 0 Å². The standard InChI is InChI=1S/C14H14BrFN2O/c1-9(17)7-10-3-2-6-18-14(10)19-11-4-5-13(16)12(15)8-11/h2-6,8-9H,7,17H2,1H3. The van der Waals surface area contributed by atoms with Gasteiger partial charge in [-0.05, 0) is 53.5 Å². The van der Waals surface area contributed by atoms with Crippen LogP contribution in [0.3, 0.4) is 0 Å². The molecule has 0 amide bonds. The maximum Gasteiger partial charge on any atom is 0.222 e. The Hall–Kier alpha value is -1.46. The first-order valence-electron chi connectivity index (χ1n) is 5.88. The van der Waals surface area contributed by atoms with E-state index in [2.05, 4.69) is 20.9 Å². The van der Waals surface area contributed by atoms with Crippen molar-refractivity contribution in [2.75, 3.05) is 0 Å². The molecule has 0 saturated heterocycles. The lowest BCUT2D eigenvalue weighted by Crippen LogP contribution is -2.18. The van der Waals surface area contributed by atoms with E-state index in [0.717, 1.165) is 5.56 Å². The van der Waals surface area contributed by atoms with E-state index in [9.17, 15) is 4.39 Å². The number of benzene rings is 1. The van der Waals surface area contributed by atoms with Gasteiger partial charge in [-0.1, -0.05) is 6.07 Å². The van der Waals surface area contributed by atoms with Gasteiger partial charge < -0.3 is 10.5 Å². The highest BCUT2D eigenvalue weighted by Crippen LogP contribution is 2.27. The second-order valence-corrected chi connectivity index (χ2v) is 5.18. The molecule has 0 spiro atoms. The van der Waals surface area contributed by atoms with E-state index >= 15 is 0 Å². The summed E-state index contributed by atoms with van der Waals surface area (Å²) in [6.45, 7) is 1.92. The van der Waals surface area contributed by atoms with Gasteiger partial charge in [0.2, 0.25) is 5.88 Å². The quantitative estimate of drug-likeness (QED) is 0.933.